The standard InChI is InChI=1S/C17H12N.C8H11.2ClH.Hf/c1-2-7-15-12-16(11-14(15)6-1)18-10-9-13-5-3-4-8-17(13)18;1-6-4-5-7(2)8(6)3;;;/h1-12H;4H2,1-3H3;2*1H;/q2*-1;;;+4/p-2. The van der Waals surface area contributed by atoms with Crippen LogP contribution >= 0.6 is 0 Å². The average molecular weight is 587 g/mol. The van der Waals surface area contributed by atoms with Gasteiger partial charge in [0.15, 0.2) is 0 Å². The molecule has 0 amide bonds. The summed E-state index contributed by atoms with van der Waals surface area (Å²) in [5.74, 6) is 0. The molecule has 4 aromatic rings. The maximum atomic E-state index is 3.26. The van der Waals surface area contributed by atoms with E-state index in [1.165, 1.54) is 44.1 Å². The normalized spacial score (nSPS) is 12.4. The first-order valence-electron chi connectivity index (χ1n) is 9.09. The van der Waals surface area contributed by atoms with Crippen molar-refractivity contribution in [3.63, 3.8) is 0 Å². The summed E-state index contributed by atoms with van der Waals surface area (Å²) in [4.78, 5) is 0. The fraction of sp³-hybridized carbons (Fsp3) is 0.160. The van der Waals surface area contributed by atoms with Crippen molar-refractivity contribution in [2.75, 3.05) is 0 Å². The van der Waals surface area contributed by atoms with Gasteiger partial charge in [-0.1, -0.05) is 38.1 Å². The van der Waals surface area contributed by atoms with E-state index in [0.29, 0.717) is 0 Å². The Hall–Kier alpha value is -1.48. The zero-order valence-corrected chi connectivity index (χ0v) is 21.9. The molecule has 0 radical (unpaired) electrons. The number of halogens is 2. The van der Waals surface area contributed by atoms with Crippen LogP contribution in [0, 0.1) is 6.08 Å². The van der Waals surface area contributed by atoms with Crippen LogP contribution in [-0.4, -0.2) is 4.57 Å². The molecule has 0 atom stereocenters. The van der Waals surface area contributed by atoms with Crippen molar-refractivity contribution < 1.29 is 50.7 Å². The number of benzene rings is 2. The minimum Gasteiger partial charge on any atom is -1.00 e. The van der Waals surface area contributed by atoms with Crippen molar-refractivity contribution in [1.29, 1.82) is 0 Å². The van der Waals surface area contributed by atoms with Crippen LogP contribution in [0.3, 0.4) is 0 Å². The Balaban J connectivity index is 0.000000332. The molecule has 3 aromatic carbocycles. The monoisotopic (exact) mass is 587 g/mol. The molecule has 0 fully saturated rings. The van der Waals surface area contributed by atoms with Gasteiger partial charge in [-0.15, -0.1) is 54.4 Å². The van der Waals surface area contributed by atoms with E-state index in [-0.39, 0.29) is 50.7 Å². The Morgan fingerprint density at radius 3 is 2.10 bits per heavy atom. The number of nitrogens with zero attached hydrogens (tertiary/aromatic N) is 1. The van der Waals surface area contributed by atoms with Crippen LogP contribution < -0.4 is 24.8 Å². The van der Waals surface area contributed by atoms with Crippen molar-refractivity contribution in [3.05, 3.63) is 95.7 Å². The summed E-state index contributed by atoms with van der Waals surface area (Å²) in [6, 6.07) is 23.6. The summed E-state index contributed by atoms with van der Waals surface area (Å²) in [5, 5.41) is 3.87. The van der Waals surface area contributed by atoms with Crippen LogP contribution in [0.5, 0.6) is 0 Å². The van der Waals surface area contributed by atoms with Gasteiger partial charge in [-0.3, -0.25) is 6.08 Å². The molecule has 1 nitrogen and oxygen atoms in total. The van der Waals surface area contributed by atoms with Crippen LogP contribution in [0.15, 0.2) is 89.6 Å². The summed E-state index contributed by atoms with van der Waals surface area (Å²) in [6.45, 7) is 6.44. The van der Waals surface area contributed by atoms with Gasteiger partial charge in [-0.2, -0.15) is 11.1 Å². The molecule has 0 N–H and O–H groups in total. The van der Waals surface area contributed by atoms with Crippen LogP contribution in [0.1, 0.15) is 27.2 Å². The number of aromatic nitrogens is 1. The van der Waals surface area contributed by atoms with Crippen LogP contribution in [0.2, 0.25) is 0 Å². The van der Waals surface area contributed by atoms with Gasteiger partial charge in [0.2, 0.25) is 0 Å². The molecule has 1 heterocycles. The molecule has 0 spiro atoms. The summed E-state index contributed by atoms with van der Waals surface area (Å²) < 4.78 is 2.25. The first-order valence-corrected chi connectivity index (χ1v) is 9.09. The zero-order chi connectivity index (χ0) is 18.1. The maximum absolute atomic E-state index is 3.26. The molecule has 29 heavy (non-hydrogen) atoms. The zero-order valence-electron chi connectivity index (χ0n) is 16.8. The van der Waals surface area contributed by atoms with Gasteiger partial charge in [0, 0.05) is 6.20 Å². The van der Waals surface area contributed by atoms with E-state index in [2.05, 4.69) is 104 Å². The Bertz CT molecular complexity index is 1110. The molecule has 1 aromatic heterocycles. The van der Waals surface area contributed by atoms with Crippen molar-refractivity contribution in [2.24, 2.45) is 0 Å². The Kier molecular flexibility index (Phi) is 9.75. The Morgan fingerprint density at radius 2 is 1.52 bits per heavy atom. The predicted octanol–water partition coefficient (Wildman–Crippen LogP) is 0.984. The SMILES string of the molecule is CC1=[C-]CC(C)=C1C.[Cl-].[Cl-].[Hf+4].c1ccc2[cH-]c(-n3ccc4ccccc43)cc2c1. The van der Waals surface area contributed by atoms with Crippen molar-refractivity contribution in [1.82, 2.24) is 4.57 Å². The number of hydrogen-bond donors (Lipinski definition) is 0. The fourth-order valence-corrected chi connectivity index (χ4v) is 3.43. The summed E-state index contributed by atoms with van der Waals surface area (Å²) in [7, 11) is 0. The predicted molar refractivity (Wildman–Crippen MR) is 112 cm³/mol. The molecule has 5 rings (SSSR count). The number of allylic oxidation sites excluding steroid dienone is 4. The number of fused-ring (bicyclic) bond motifs is 2. The van der Waals surface area contributed by atoms with E-state index in [9.17, 15) is 0 Å². The molecule has 1 aliphatic carbocycles. The van der Waals surface area contributed by atoms with Gasteiger partial charge in [0.05, 0.1) is 5.52 Å². The topological polar surface area (TPSA) is 4.93 Å². The van der Waals surface area contributed by atoms with Gasteiger partial charge in [0.1, 0.15) is 0 Å². The van der Waals surface area contributed by atoms with Gasteiger partial charge in [-0.25, -0.2) is 5.57 Å². The van der Waals surface area contributed by atoms with E-state index in [1.54, 1.807) is 0 Å². The van der Waals surface area contributed by atoms with E-state index in [1.807, 2.05) is 0 Å². The van der Waals surface area contributed by atoms with Crippen LogP contribution in [0.25, 0.3) is 27.4 Å². The van der Waals surface area contributed by atoms with E-state index < -0.39 is 0 Å². The molecule has 0 aliphatic heterocycles. The average Bonchev–Trinajstić information content (AvgIpc) is 3.35. The van der Waals surface area contributed by atoms with Gasteiger partial charge in [0.25, 0.3) is 0 Å². The van der Waals surface area contributed by atoms with Crippen molar-refractivity contribution in [2.45, 2.75) is 27.2 Å². The second-order valence-electron chi connectivity index (χ2n) is 6.97. The molecule has 0 saturated heterocycles. The Labute approximate surface area is 204 Å². The molecular weight excluding hydrogens is 564 g/mol. The van der Waals surface area contributed by atoms with Gasteiger partial charge >= 0.3 is 25.8 Å². The molecule has 0 unspecified atom stereocenters. The third-order valence-electron chi connectivity index (χ3n) is 5.30. The summed E-state index contributed by atoms with van der Waals surface area (Å²) >= 11 is 0. The molecular formula is C25H23Cl2HfN. The number of rotatable bonds is 1. The number of hydrogen-bond acceptors (Lipinski definition) is 0. The minimum absolute atomic E-state index is 0. The maximum Gasteiger partial charge on any atom is 4.00 e. The van der Waals surface area contributed by atoms with E-state index in [0.717, 1.165) is 6.42 Å². The quantitative estimate of drug-likeness (QED) is 0.232. The smallest absolute Gasteiger partial charge is 1.00 e. The number of para-hydroxylation sites is 1. The van der Waals surface area contributed by atoms with Crippen LogP contribution in [-0.2, 0) is 25.8 Å². The van der Waals surface area contributed by atoms with Gasteiger partial charge in [-0.05, 0) is 23.2 Å². The van der Waals surface area contributed by atoms with Gasteiger partial charge < -0.3 is 29.4 Å². The summed E-state index contributed by atoms with van der Waals surface area (Å²) in [6.07, 6.45) is 6.45. The third kappa shape index (κ3) is 5.36. The second kappa shape index (κ2) is 11.1. The third-order valence-corrected chi connectivity index (χ3v) is 5.30. The molecule has 0 saturated carbocycles. The largest absolute Gasteiger partial charge is 4.00 e. The van der Waals surface area contributed by atoms with Crippen molar-refractivity contribution >= 4 is 21.7 Å². The minimum atomic E-state index is 0. The Morgan fingerprint density at radius 1 is 0.862 bits per heavy atom. The molecule has 146 valence electrons. The first kappa shape index (κ1) is 25.6. The van der Waals surface area contributed by atoms with Crippen molar-refractivity contribution in [3.8, 4) is 5.69 Å². The summed E-state index contributed by atoms with van der Waals surface area (Å²) in [5.41, 5.74) is 6.74. The molecule has 1 aliphatic rings. The fourth-order valence-electron chi connectivity index (χ4n) is 3.43. The molecule has 0 bridgehead atoms. The molecule has 4 heteroatoms. The first-order chi connectivity index (χ1) is 12.6. The van der Waals surface area contributed by atoms with Crippen LogP contribution in [0.4, 0.5) is 0 Å². The van der Waals surface area contributed by atoms with E-state index >= 15 is 0 Å². The van der Waals surface area contributed by atoms with E-state index in [4.69, 9.17) is 0 Å². The second-order valence-corrected chi connectivity index (χ2v) is 6.97.